The summed E-state index contributed by atoms with van der Waals surface area (Å²) in [5.74, 6) is 6.22. The predicted octanol–water partition coefficient (Wildman–Crippen LogP) is 4.06. The standard InChI is InChI=1S/C14H26O3Si/c1-6-7-8-10-13(17-14(15)16-2)11-9-12-18(3,4)5/h13H,6-8,10,12H2,1-5H3. The molecular weight excluding hydrogens is 244 g/mol. The molecule has 0 radical (unpaired) electrons. The molecule has 0 saturated heterocycles. The number of hydrogen-bond donors (Lipinski definition) is 0. The van der Waals surface area contributed by atoms with Crippen molar-refractivity contribution < 1.29 is 14.3 Å². The summed E-state index contributed by atoms with van der Waals surface area (Å²) in [6, 6.07) is 0.932. The zero-order valence-electron chi connectivity index (χ0n) is 12.3. The van der Waals surface area contributed by atoms with Crippen LogP contribution in [0.25, 0.3) is 0 Å². The van der Waals surface area contributed by atoms with E-state index in [1.807, 2.05) is 0 Å². The Hall–Kier alpha value is -0.953. The molecule has 0 rings (SSSR count). The van der Waals surface area contributed by atoms with Gasteiger partial charge in [-0.05, 0) is 12.8 Å². The van der Waals surface area contributed by atoms with E-state index < -0.39 is 14.2 Å². The van der Waals surface area contributed by atoms with Gasteiger partial charge >= 0.3 is 6.16 Å². The van der Waals surface area contributed by atoms with Crippen LogP contribution in [0.3, 0.4) is 0 Å². The summed E-state index contributed by atoms with van der Waals surface area (Å²) in [5.41, 5.74) is 0. The van der Waals surface area contributed by atoms with Crippen molar-refractivity contribution in [3.63, 3.8) is 0 Å². The molecule has 1 atom stereocenters. The molecule has 0 aliphatic heterocycles. The summed E-state index contributed by atoms with van der Waals surface area (Å²) in [6.07, 6.45) is 3.14. The van der Waals surface area contributed by atoms with E-state index in [0.29, 0.717) is 0 Å². The minimum absolute atomic E-state index is 0.319. The summed E-state index contributed by atoms with van der Waals surface area (Å²) >= 11 is 0. The topological polar surface area (TPSA) is 35.5 Å². The van der Waals surface area contributed by atoms with Crippen molar-refractivity contribution in [2.75, 3.05) is 7.11 Å². The molecule has 3 nitrogen and oxygen atoms in total. The number of ether oxygens (including phenoxy) is 2. The predicted molar refractivity (Wildman–Crippen MR) is 77.3 cm³/mol. The van der Waals surface area contributed by atoms with Gasteiger partial charge in [0.15, 0.2) is 6.10 Å². The maximum absolute atomic E-state index is 11.1. The average Bonchev–Trinajstić information content (AvgIpc) is 2.27. The molecule has 0 heterocycles. The van der Waals surface area contributed by atoms with E-state index in [4.69, 9.17) is 4.74 Å². The fourth-order valence-corrected chi connectivity index (χ4v) is 1.97. The summed E-state index contributed by atoms with van der Waals surface area (Å²) < 4.78 is 9.66. The third-order valence-corrected chi connectivity index (χ3v) is 3.59. The van der Waals surface area contributed by atoms with E-state index in [9.17, 15) is 4.79 Å². The second-order valence-electron chi connectivity index (χ2n) is 5.61. The minimum Gasteiger partial charge on any atom is -0.438 e. The lowest BCUT2D eigenvalue weighted by molar-refractivity contribution is 0.0521. The van der Waals surface area contributed by atoms with Crippen LogP contribution in [0, 0.1) is 11.8 Å². The highest BCUT2D eigenvalue weighted by atomic mass is 28.3. The quantitative estimate of drug-likeness (QED) is 0.316. The SMILES string of the molecule is CCCCCC(C#CC[Si](C)(C)C)OC(=O)OC. The first-order chi connectivity index (χ1) is 8.39. The molecule has 0 amide bonds. The van der Waals surface area contributed by atoms with E-state index in [1.165, 1.54) is 7.11 Å². The van der Waals surface area contributed by atoms with E-state index >= 15 is 0 Å². The van der Waals surface area contributed by atoms with Gasteiger partial charge in [0.25, 0.3) is 0 Å². The molecule has 0 aromatic carbocycles. The molecule has 0 N–H and O–H groups in total. The average molecular weight is 270 g/mol. The normalized spacial score (nSPS) is 12.3. The Bertz CT molecular complexity index is 296. The first-order valence-corrected chi connectivity index (χ1v) is 10.3. The molecule has 18 heavy (non-hydrogen) atoms. The van der Waals surface area contributed by atoms with Gasteiger partial charge in [0, 0.05) is 6.04 Å². The monoisotopic (exact) mass is 270 g/mol. The molecule has 0 aromatic heterocycles. The number of rotatable bonds is 6. The Morgan fingerprint density at radius 3 is 2.44 bits per heavy atom. The number of unbranched alkanes of at least 4 members (excludes halogenated alkanes) is 2. The largest absolute Gasteiger partial charge is 0.509 e. The van der Waals surface area contributed by atoms with Gasteiger partial charge in [0.2, 0.25) is 0 Å². The van der Waals surface area contributed by atoms with Crippen LogP contribution in [0.15, 0.2) is 0 Å². The molecular formula is C14H26O3Si. The smallest absolute Gasteiger partial charge is 0.438 e. The van der Waals surface area contributed by atoms with Crippen LogP contribution in [-0.4, -0.2) is 27.4 Å². The maximum atomic E-state index is 11.1. The molecule has 0 bridgehead atoms. The van der Waals surface area contributed by atoms with Crippen molar-refractivity contribution >= 4 is 14.2 Å². The van der Waals surface area contributed by atoms with Crippen LogP contribution < -0.4 is 0 Å². The fourth-order valence-electron chi connectivity index (χ4n) is 1.33. The molecule has 0 fully saturated rings. The van der Waals surface area contributed by atoms with Crippen LogP contribution >= 0.6 is 0 Å². The van der Waals surface area contributed by atoms with Gasteiger partial charge in [0.05, 0.1) is 15.2 Å². The van der Waals surface area contributed by atoms with Gasteiger partial charge in [-0.2, -0.15) is 0 Å². The third-order valence-electron chi connectivity index (χ3n) is 2.36. The molecule has 1 unspecified atom stereocenters. The lowest BCUT2D eigenvalue weighted by atomic mass is 10.1. The zero-order chi connectivity index (χ0) is 14.0. The first kappa shape index (κ1) is 17.0. The van der Waals surface area contributed by atoms with E-state index in [1.54, 1.807) is 0 Å². The minimum atomic E-state index is -1.16. The molecule has 104 valence electrons. The van der Waals surface area contributed by atoms with Crippen LogP contribution in [-0.2, 0) is 9.47 Å². The summed E-state index contributed by atoms with van der Waals surface area (Å²) in [7, 11) is 0.165. The Morgan fingerprint density at radius 2 is 1.94 bits per heavy atom. The van der Waals surface area contributed by atoms with Gasteiger partial charge < -0.3 is 9.47 Å². The highest BCUT2D eigenvalue weighted by molar-refractivity contribution is 6.76. The Labute approximate surface area is 112 Å². The van der Waals surface area contributed by atoms with Crippen LogP contribution in [0.4, 0.5) is 4.79 Å². The van der Waals surface area contributed by atoms with Crippen molar-refractivity contribution in [3.8, 4) is 11.8 Å². The van der Waals surface area contributed by atoms with Crippen LogP contribution in [0.5, 0.6) is 0 Å². The lowest BCUT2D eigenvalue weighted by Crippen LogP contribution is -2.19. The second kappa shape index (κ2) is 9.04. The van der Waals surface area contributed by atoms with Crippen LogP contribution in [0.1, 0.15) is 32.6 Å². The molecule has 0 aliphatic carbocycles. The molecule has 0 aromatic rings. The van der Waals surface area contributed by atoms with Gasteiger partial charge in [0.1, 0.15) is 0 Å². The number of hydrogen-bond acceptors (Lipinski definition) is 3. The Balaban J connectivity index is 4.31. The van der Waals surface area contributed by atoms with E-state index in [-0.39, 0.29) is 6.10 Å². The Kier molecular flexibility index (Phi) is 8.56. The lowest BCUT2D eigenvalue weighted by Gasteiger charge is -2.12. The van der Waals surface area contributed by atoms with Crippen LogP contribution in [0.2, 0.25) is 25.7 Å². The summed E-state index contributed by atoms with van der Waals surface area (Å²) in [4.78, 5) is 11.1. The number of carbonyl (C=O) groups excluding carboxylic acids is 1. The number of carbonyl (C=O) groups is 1. The third kappa shape index (κ3) is 10.2. The maximum Gasteiger partial charge on any atom is 0.509 e. The van der Waals surface area contributed by atoms with Gasteiger partial charge in [-0.25, -0.2) is 4.79 Å². The molecule has 0 aliphatic rings. The van der Waals surface area contributed by atoms with E-state index in [0.717, 1.165) is 31.7 Å². The van der Waals surface area contributed by atoms with Gasteiger partial charge in [-0.3, -0.25) is 0 Å². The van der Waals surface area contributed by atoms with Crippen molar-refractivity contribution in [2.45, 2.75) is 64.4 Å². The van der Waals surface area contributed by atoms with Crippen molar-refractivity contribution in [3.05, 3.63) is 0 Å². The second-order valence-corrected chi connectivity index (χ2v) is 11.1. The van der Waals surface area contributed by atoms with Crippen molar-refractivity contribution in [2.24, 2.45) is 0 Å². The first-order valence-electron chi connectivity index (χ1n) is 6.62. The molecule has 0 saturated carbocycles. The zero-order valence-corrected chi connectivity index (χ0v) is 13.3. The van der Waals surface area contributed by atoms with Gasteiger partial charge in [-0.1, -0.05) is 45.3 Å². The van der Waals surface area contributed by atoms with E-state index in [2.05, 4.69) is 43.1 Å². The Morgan fingerprint density at radius 1 is 1.28 bits per heavy atom. The summed E-state index contributed by atoms with van der Waals surface area (Å²) in [6.45, 7) is 8.96. The molecule has 4 heteroatoms. The number of methoxy groups -OCH3 is 1. The fraction of sp³-hybridized carbons (Fsp3) is 0.786. The van der Waals surface area contributed by atoms with Gasteiger partial charge in [-0.15, -0.1) is 5.92 Å². The highest BCUT2D eigenvalue weighted by Crippen LogP contribution is 2.09. The highest BCUT2D eigenvalue weighted by Gasteiger charge is 2.13. The van der Waals surface area contributed by atoms with Crippen molar-refractivity contribution in [1.82, 2.24) is 0 Å². The summed E-state index contributed by atoms with van der Waals surface area (Å²) in [5, 5.41) is 0. The molecule has 0 spiro atoms. The van der Waals surface area contributed by atoms with Crippen molar-refractivity contribution in [1.29, 1.82) is 0 Å².